The Labute approximate surface area is 140 Å². The molecule has 1 N–H and O–H groups in total. The van der Waals surface area contributed by atoms with Crippen LogP contribution >= 0.6 is 0 Å². The van der Waals surface area contributed by atoms with Crippen LogP contribution in [0.3, 0.4) is 0 Å². The molecule has 0 aliphatic carbocycles. The second-order valence-corrected chi connectivity index (χ2v) is 6.86. The first-order valence-corrected chi connectivity index (χ1v) is 8.08. The van der Waals surface area contributed by atoms with Gasteiger partial charge in [-0.05, 0) is 25.5 Å². The molecule has 124 valence electrons. The van der Waals surface area contributed by atoms with Crippen LogP contribution in [-0.2, 0) is 14.3 Å². The van der Waals surface area contributed by atoms with E-state index in [1.165, 1.54) is 0 Å². The zero-order valence-electron chi connectivity index (χ0n) is 13.4. The summed E-state index contributed by atoms with van der Waals surface area (Å²) >= 11 is 0. The molecule has 0 unspecified atom stereocenters. The van der Waals surface area contributed by atoms with Crippen LogP contribution in [0.2, 0.25) is 0 Å². The summed E-state index contributed by atoms with van der Waals surface area (Å²) in [6.07, 6.45) is 3.74. The molecule has 1 spiro atoms. The number of benzene rings is 1. The Hall–Kier alpha value is -2.40. The Bertz CT molecular complexity index is 756. The summed E-state index contributed by atoms with van der Waals surface area (Å²) < 4.78 is 6.10. The number of ether oxygens (including phenoxy) is 1. The largest absolute Gasteiger partial charge is 0.481 e. The quantitative estimate of drug-likeness (QED) is 0.863. The minimum atomic E-state index is -0.978. The van der Waals surface area contributed by atoms with Crippen LogP contribution in [0.5, 0.6) is 0 Å². The van der Waals surface area contributed by atoms with Gasteiger partial charge in [0, 0.05) is 5.69 Å². The summed E-state index contributed by atoms with van der Waals surface area (Å²) in [4.78, 5) is 26.7. The summed E-state index contributed by atoms with van der Waals surface area (Å²) in [5.74, 6) is -2.67. The van der Waals surface area contributed by atoms with Crippen molar-refractivity contribution in [3.05, 3.63) is 54.6 Å². The van der Waals surface area contributed by atoms with Crippen molar-refractivity contribution in [3.8, 4) is 0 Å². The van der Waals surface area contributed by atoms with Gasteiger partial charge in [-0.3, -0.25) is 9.59 Å². The molecule has 1 aromatic rings. The van der Waals surface area contributed by atoms with Gasteiger partial charge in [0.25, 0.3) is 0 Å². The lowest BCUT2D eigenvalue weighted by atomic mass is 9.74. The van der Waals surface area contributed by atoms with E-state index in [0.29, 0.717) is 6.42 Å². The molecule has 0 radical (unpaired) electrons. The van der Waals surface area contributed by atoms with E-state index in [1.807, 2.05) is 43.3 Å². The summed E-state index contributed by atoms with van der Waals surface area (Å²) in [5.41, 5.74) is 0.824. The van der Waals surface area contributed by atoms with Gasteiger partial charge >= 0.3 is 5.97 Å². The van der Waals surface area contributed by atoms with Crippen molar-refractivity contribution in [2.75, 3.05) is 4.90 Å². The lowest BCUT2D eigenvalue weighted by Gasteiger charge is -2.33. The second kappa shape index (κ2) is 5.05. The molecular weight excluding hydrogens is 306 g/mol. The van der Waals surface area contributed by atoms with Crippen molar-refractivity contribution >= 4 is 17.6 Å². The Kier molecular flexibility index (Phi) is 3.18. The number of carbonyl (C=O) groups is 2. The van der Waals surface area contributed by atoms with Gasteiger partial charge in [-0.1, -0.05) is 35.9 Å². The molecule has 3 aliphatic rings. The highest BCUT2D eigenvalue weighted by Crippen LogP contribution is 2.56. The number of carboxylic acids is 1. The molecule has 0 saturated carbocycles. The number of carboxylic acid groups (broad SMARTS) is 1. The van der Waals surface area contributed by atoms with Crippen LogP contribution in [0.25, 0.3) is 0 Å². The third kappa shape index (κ3) is 1.85. The zero-order chi connectivity index (χ0) is 17.1. The highest BCUT2D eigenvalue weighted by atomic mass is 16.5. The van der Waals surface area contributed by atoms with Gasteiger partial charge in [-0.15, -0.1) is 6.58 Å². The Morgan fingerprint density at radius 1 is 1.38 bits per heavy atom. The molecule has 5 nitrogen and oxygen atoms in total. The maximum absolute atomic E-state index is 13.2. The van der Waals surface area contributed by atoms with E-state index in [2.05, 4.69) is 6.58 Å². The number of amides is 1. The van der Waals surface area contributed by atoms with E-state index in [9.17, 15) is 14.7 Å². The number of hydrogen-bond acceptors (Lipinski definition) is 3. The van der Waals surface area contributed by atoms with Gasteiger partial charge in [0.05, 0.1) is 18.1 Å². The third-order valence-electron chi connectivity index (χ3n) is 5.28. The molecular formula is C19H19NO4. The highest BCUT2D eigenvalue weighted by Gasteiger charge is 2.71. The van der Waals surface area contributed by atoms with Crippen LogP contribution in [-0.4, -0.2) is 34.7 Å². The summed E-state index contributed by atoms with van der Waals surface area (Å²) in [6, 6.07) is 9.09. The van der Waals surface area contributed by atoms with Crippen LogP contribution in [0.1, 0.15) is 13.3 Å². The van der Waals surface area contributed by atoms with E-state index < -0.39 is 29.5 Å². The number of aliphatic carboxylic acids is 1. The average molecular weight is 325 g/mol. The number of carbonyl (C=O) groups excluding carboxylic acids is 1. The maximum atomic E-state index is 13.2. The van der Waals surface area contributed by atoms with Crippen molar-refractivity contribution in [2.24, 2.45) is 11.8 Å². The molecule has 1 aromatic carbocycles. The molecule has 3 heterocycles. The third-order valence-corrected chi connectivity index (χ3v) is 5.28. The molecule has 1 amide bonds. The molecule has 5 atom stereocenters. The van der Waals surface area contributed by atoms with E-state index in [-0.39, 0.29) is 11.9 Å². The first kappa shape index (κ1) is 15.1. The predicted octanol–water partition coefficient (Wildman–Crippen LogP) is 2.39. The molecule has 5 heteroatoms. The van der Waals surface area contributed by atoms with E-state index in [0.717, 1.165) is 11.3 Å². The fourth-order valence-electron chi connectivity index (χ4n) is 4.41. The van der Waals surface area contributed by atoms with Crippen LogP contribution < -0.4 is 4.90 Å². The van der Waals surface area contributed by atoms with Gasteiger partial charge in [0.2, 0.25) is 5.91 Å². The van der Waals surface area contributed by atoms with E-state index in [1.54, 1.807) is 11.0 Å². The SMILES string of the molecule is C=C(C)C[C@@H]1N(c2ccccc2)C(=O)[C@H]2[C@H](C(=O)O)[C@H]3C=C[C@@]12O3. The van der Waals surface area contributed by atoms with Crippen molar-refractivity contribution < 1.29 is 19.4 Å². The Morgan fingerprint density at radius 2 is 2.08 bits per heavy atom. The summed E-state index contributed by atoms with van der Waals surface area (Å²) in [5, 5.41) is 9.62. The number of para-hydroxylation sites is 1. The minimum absolute atomic E-state index is 0.174. The fraction of sp³-hybridized carbons (Fsp3) is 0.368. The van der Waals surface area contributed by atoms with Gasteiger partial charge in [-0.25, -0.2) is 0 Å². The summed E-state index contributed by atoms with van der Waals surface area (Å²) in [7, 11) is 0. The number of hydrogen-bond donors (Lipinski definition) is 1. The highest BCUT2D eigenvalue weighted by molar-refractivity contribution is 6.03. The Balaban J connectivity index is 1.85. The molecule has 2 fully saturated rings. The average Bonchev–Trinajstić information content (AvgIpc) is 3.17. The predicted molar refractivity (Wildman–Crippen MR) is 88.5 cm³/mol. The molecule has 3 aliphatic heterocycles. The van der Waals surface area contributed by atoms with Gasteiger partial charge in [0.15, 0.2) is 0 Å². The van der Waals surface area contributed by atoms with Crippen LogP contribution in [0, 0.1) is 11.8 Å². The van der Waals surface area contributed by atoms with Crippen molar-refractivity contribution in [3.63, 3.8) is 0 Å². The van der Waals surface area contributed by atoms with Crippen molar-refractivity contribution in [1.82, 2.24) is 0 Å². The Morgan fingerprint density at radius 3 is 2.71 bits per heavy atom. The first-order valence-electron chi connectivity index (χ1n) is 8.08. The smallest absolute Gasteiger partial charge is 0.310 e. The number of fused-ring (bicyclic) bond motifs is 1. The molecule has 24 heavy (non-hydrogen) atoms. The van der Waals surface area contributed by atoms with Gasteiger partial charge in [0.1, 0.15) is 11.5 Å². The number of nitrogens with zero attached hydrogens (tertiary/aromatic N) is 1. The van der Waals surface area contributed by atoms with Crippen molar-refractivity contribution in [1.29, 1.82) is 0 Å². The first-order chi connectivity index (χ1) is 11.5. The van der Waals surface area contributed by atoms with E-state index in [4.69, 9.17) is 4.74 Å². The fourth-order valence-corrected chi connectivity index (χ4v) is 4.41. The molecule has 2 saturated heterocycles. The maximum Gasteiger partial charge on any atom is 0.310 e. The standard InChI is InChI=1S/C19H19NO4/c1-11(2)10-14-19-9-8-13(24-19)15(18(22)23)16(19)17(21)20(14)12-6-4-3-5-7-12/h3-9,13-16H,1,10H2,2H3,(H,22,23)/t13-,14+,15-,16-,19-/m1/s1. The summed E-state index contributed by atoms with van der Waals surface area (Å²) in [6.45, 7) is 5.90. The van der Waals surface area contributed by atoms with Crippen molar-refractivity contribution in [2.45, 2.75) is 31.1 Å². The van der Waals surface area contributed by atoms with E-state index >= 15 is 0 Å². The number of rotatable bonds is 4. The second-order valence-electron chi connectivity index (χ2n) is 6.86. The molecule has 0 aromatic heterocycles. The normalized spacial score (nSPS) is 36.2. The van der Waals surface area contributed by atoms with Crippen LogP contribution in [0.4, 0.5) is 5.69 Å². The lowest BCUT2D eigenvalue weighted by molar-refractivity contribution is -0.146. The number of anilines is 1. The molecule has 4 rings (SSSR count). The van der Waals surface area contributed by atoms with Crippen LogP contribution in [0.15, 0.2) is 54.6 Å². The monoisotopic (exact) mass is 325 g/mol. The lowest BCUT2D eigenvalue weighted by Crippen LogP contribution is -2.45. The zero-order valence-corrected chi connectivity index (χ0v) is 13.4. The molecule has 2 bridgehead atoms. The minimum Gasteiger partial charge on any atom is -0.481 e. The van der Waals surface area contributed by atoms with Gasteiger partial charge in [-0.2, -0.15) is 0 Å². The topological polar surface area (TPSA) is 66.8 Å². The van der Waals surface area contributed by atoms with Gasteiger partial charge < -0.3 is 14.7 Å².